The van der Waals surface area contributed by atoms with E-state index in [-0.39, 0.29) is 18.7 Å². The highest BCUT2D eigenvalue weighted by molar-refractivity contribution is 6.31. The minimum absolute atomic E-state index is 0.0404. The molecule has 5 heteroatoms. The Labute approximate surface area is 98.6 Å². The third kappa shape index (κ3) is 2.87. The van der Waals surface area contributed by atoms with Gasteiger partial charge in [-0.15, -0.1) is 0 Å². The smallest absolute Gasteiger partial charge is 0.304 e. The number of aliphatic carboxylic acids is 1. The summed E-state index contributed by atoms with van der Waals surface area (Å²) in [5, 5.41) is 18.9. The van der Waals surface area contributed by atoms with Crippen molar-refractivity contribution < 1.29 is 15.0 Å². The predicted octanol–water partition coefficient (Wildman–Crippen LogP) is 1.87. The van der Waals surface area contributed by atoms with Gasteiger partial charge in [-0.05, 0) is 31.2 Å². The van der Waals surface area contributed by atoms with Crippen LogP contribution in [0, 0.1) is 6.92 Å². The number of phenols is 1. The number of carboxylic acids is 1. The molecule has 0 aliphatic carbocycles. The van der Waals surface area contributed by atoms with E-state index in [2.05, 4.69) is 0 Å². The molecular weight excluding hydrogens is 230 g/mol. The molecule has 1 unspecified atom stereocenters. The molecule has 0 amide bonds. The van der Waals surface area contributed by atoms with Crippen LogP contribution < -0.4 is 5.73 Å². The number of rotatable bonds is 4. The first kappa shape index (κ1) is 12.8. The number of hydrogen-bond donors (Lipinski definition) is 3. The Hall–Kier alpha value is -1.26. The van der Waals surface area contributed by atoms with Crippen molar-refractivity contribution in [2.75, 3.05) is 6.54 Å². The van der Waals surface area contributed by atoms with Crippen LogP contribution in [-0.4, -0.2) is 22.7 Å². The number of benzene rings is 1. The van der Waals surface area contributed by atoms with Gasteiger partial charge in [0.25, 0.3) is 0 Å². The fourth-order valence-electron chi connectivity index (χ4n) is 1.54. The summed E-state index contributed by atoms with van der Waals surface area (Å²) in [6, 6.07) is 3.09. The highest BCUT2D eigenvalue weighted by Crippen LogP contribution is 2.32. The summed E-state index contributed by atoms with van der Waals surface area (Å²) in [5.74, 6) is -1.33. The topological polar surface area (TPSA) is 83.5 Å². The molecule has 1 rings (SSSR count). The summed E-state index contributed by atoms with van der Waals surface area (Å²) in [6.45, 7) is 1.92. The van der Waals surface area contributed by atoms with E-state index in [4.69, 9.17) is 22.4 Å². The molecule has 0 heterocycles. The number of nitrogens with two attached hydrogens (primary N) is 1. The summed E-state index contributed by atoms with van der Waals surface area (Å²) in [7, 11) is 0. The monoisotopic (exact) mass is 243 g/mol. The molecule has 0 aliphatic rings. The van der Waals surface area contributed by atoms with Crippen molar-refractivity contribution in [1.82, 2.24) is 0 Å². The zero-order valence-electron chi connectivity index (χ0n) is 8.90. The van der Waals surface area contributed by atoms with Crippen LogP contribution in [0.1, 0.15) is 23.5 Å². The first-order valence-electron chi connectivity index (χ1n) is 4.86. The van der Waals surface area contributed by atoms with E-state index in [9.17, 15) is 9.90 Å². The second-order valence-corrected chi connectivity index (χ2v) is 4.10. The Morgan fingerprint density at radius 3 is 2.69 bits per heavy atom. The second-order valence-electron chi connectivity index (χ2n) is 3.69. The Morgan fingerprint density at radius 2 is 2.19 bits per heavy atom. The maximum atomic E-state index is 10.6. The fraction of sp³-hybridized carbons (Fsp3) is 0.364. The van der Waals surface area contributed by atoms with Crippen molar-refractivity contribution in [3.63, 3.8) is 0 Å². The lowest BCUT2D eigenvalue weighted by Crippen LogP contribution is -2.16. The van der Waals surface area contributed by atoms with Gasteiger partial charge in [0, 0.05) is 16.5 Å². The fourth-order valence-corrected chi connectivity index (χ4v) is 1.71. The van der Waals surface area contributed by atoms with Gasteiger partial charge in [-0.2, -0.15) is 0 Å². The van der Waals surface area contributed by atoms with Crippen LogP contribution in [0.5, 0.6) is 5.75 Å². The molecule has 0 radical (unpaired) electrons. The molecule has 0 fully saturated rings. The van der Waals surface area contributed by atoms with Gasteiger partial charge < -0.3 is 15.9 Å². The van der Waals surface area contributed by atoms with Crippen LogP contribution in [0.3, 0.4) is 0 Å². The lowest BCUT2D eigenvalue weighted by Gasteiger charge is -2.15. The molecule has 88 valence electrons. The van der Waals surface area contributed by atoms with Crippen LogP contribution >= 0.6 is 11.6 Å². The van der Waals surface area contributed by atoms with Gasteiger partial charge in [-0.1, -0.05) is 11.6 Å². The third-order valence-corrected chi connectivity index (χ3v) is 2.86. The molecule has 1 aromatic carbocycles. The molecule has 0 bridgehead atoms. The summed E-state index contributed by atoms with van der Waals surface area (Å²) in [6.07, 6.45) is -0.122. The van der Waals surface area contributed by atoms with E-state index in [1.165, 1.54) is 6.07 Å². The number of carboxylic acid groups (broad SMARTS) is 1. The minimum Gasteiger partial charge on any atom is -0.508 e. The zero-order chi connectivity index (χ0) is 12.3. The second kappa shape index (κ2) is 5.18. The maximum Gasteiger partial charge on any atom is 0.304 e. The van der Waals surface area contributed by atoms with Crippen molar-refractivity contribution in [2.24, 2.45) is 5.73 Å². The highest BCUT2D eigenvalue weighted by atomic mass is 35.5. The van der Waals surface area contributed by atoms with E-state index < -0.39 is 11.9 Å². The Kier molecular flexibility index (Phi) is 4.15. The van der Waals surface area contributed by atoms with Crippen molar-refractivity contribution >= 4 is 17.6 Å². The molecular formula is C11H14ClNO3. The quantitative estimate of drug-likeness (QED) is 0.754. The van der Waals surface area contributed by atoms with Gasteiger partial charge in [-0.25, -0.2) is 0 Å². The lowest BCUT2D eigenvalue weighted by molar-refractivity contribution is -0.137. The van der Waals surface area contributed by atoms with Gasteiger partial charge in [0.15, 0.2) is 0 Å². The van der Waals surface area contributed by atoms with Gasteiger partial charge in [0.2, 0.25) is 0 Å². The Balaban J connectivity index is 3.09. The van der Waals surface area contributed by atoms with E-state index in [1.54, 1.807) is 13.0 Å². The predicted molar refractivity (Wildman–Crippen MR) is 61.9 cm³/mol. The van der Waals surface area contributed by atoms with E-state index in [0.29, 0.717) is 10.6 Å². The largest absolute Gasteiger partial charge is 0.508 e. The average molecular weight is 244 g/mol. The van der Waals surface area contributed by atoms with Gasteiger partial charge in [-0.3, -0.25) is 4.79 Å². The van der Waals surface area contributed by atoms with Crippen LogP contribution in [0.2, 0.25) is 5.02 Å². The van der Waals surface area contributed by atoms with Gasteiger partial charge in [0.05, 0.1) is 6.42 Å². The minimum atomic E-state index is -0.952. The lowest BCUT2D eigenvalue weighted by atomic mass is 9.94. The molecule has 0 spiro atoms. The Morgan fingerprint density at radius 1 is 1.56 bits per heavy atom. The number of carbonyl (C=O) groups is 1. The summed E-state index contributed by atoms with van der Waals surface area (Å²) >= 11 is 5.92. The molecule has 0 aliphatic heterocycles. The van der Waals surface area contributed by atoms with Gasteiger partial charge >= 0.3 is 5.97 Å². The number of aromatic hydroxyl groups is 1. The average Bonchev–Trinajstić information content (AvgIpc) is 2.20. The molecule has 0 saturated carbocycles. The SMILES string of the molecule is Cc1cc(O)c(C(CN)CC(=O)O)cc1Cl. The highest BCUT2D eigenvalue weighted by Gasteiger charge is 2.18. The van der Waals surface area contributed by atoms with Crippen LogP contribution in [-0.2, 0) is 4.79 Å². The van der Waals surface area contributed by atoms with Crippen molar-refractivity contribution in [3.05, 3.63) is 28.3 Å². The van der Waals surface area contributed by atoms with Crippen molar-refractivity contribution in [1.29, 1.82) is 0 Å². The van der Waals surface area contributed by atoms with E-state index in [1.807, 2.05) is 0 Å². The van der Waals surface area contributed by atoms with Crippen LogP contribution in [0.25, 0.3) is 0 Å². The summed E-state index contributed by atoms with van der Waals surface area (Å²) in [4.78, 5) is 10.6. The molecule has 1 atom stereocenters. The Bertz CT molecular complexity index is 406. The number of halogens is 1. The van der Waals surface area contributed by atoms with Crippen LogP contribution in [0.15, 0.2) is 12.1 Å². The number of hydrogen-bond acceptors (Lipinski definition) is 3. The van der Waals surface area contributed by atoms with E-state index in [0.717, 1.165) is 5.56 Å². The number of phenolic OH excluding ortho intramolecular Hbond substituents is 1. The zero-order valence-corrected chi connectivity index (χ0v) is 9.66. The first-order valence-corrected chi connectivity index (χ1v) is 5.24. The summed E-state index contributed by atoms with van der Waals surface area (Å²) in [5.41, 5.74) is 6.72. The van der Waals surface area contributed by atoms with E-state index >= 15 is 0 Å². The standard InChI is InChI=1S/C11H14ClNO3/c1-6-2-10(14)8(4-9(6)12)7(5-13)3-11(15)16/h2,4,7,14H,3,5,13H2,1H3,(H,15,16). The molecule has 0 aromatic heterocycles. The van der Waals surface area contributed by atoms with Gasteiger partial charge in [0.1, 0.15) is 5.75 Å². The molecule has 4 N–H and O–H groups in total. The van der Waals surface area contributed by atoms with Crippen molar-refractivity contribution in [3.8, 4) is 5.75 Å². The van der Waals surface area contributed by atoms with Crippen LogP contribution in [0.4, 0.5) is 0 Å². The summed E-state index contributed by atoms with van der Waals surface area (Å²) < 4.78 is 0. The number of aryl methyl sites for hydroxylation is 1. The molecule has 16 heavy (non-hydrogen) atoms. The third-order valence-electron chi connectivity index (χ3n) is 2.45. The van der Waals surface area contributed by atoms with Crippen molar-refractivity contribution in [2.45, 2.75) is 19.3 Å². The molecule has 0 saturated heterocycles. The normalized spacial score (nSPS) is 12.4. The maximum absolute atomic E-state index is 10.6. The first-order chi connectivity index (χ1) is 7.45. The molecule has 4 nitrogen and oxygen atoms in total. The molecule has 1 aromatic rings.